The summed E-state index contributed by atoms with van der Waals surface area (Å²) in [5, 5.41) is 3.32. The van der Waals surface area contributed by atoms with Crippen LogP contribution < -0.4 is 5.32 Å². The minimum atomic E-state index is -0.379. The van der Waals surface area contributed by atoms with E-state index in [1.807, 2.05) is 26.0 Å². The fourth-order valence-electron chi connectivity index (χ4n) is 2.39. The molecule has 0 saturated heterocycles. The molecular formula is C20H20Cl2N2O2. The van der Waals surface area contributed by atoms with E-state index >= 15 is 0 Å². The molecule has 2 aromatic rings. The summed E-state index contributed by atoms with van der Waals surface area (Å²) >= 11 is 12.1. The van der Waals surface area contributed by atoms with Crippen LogP contribution in [0, 0.1) is 13.8 Å². The van der Waals surface area contributed by atoms with Gasteiger partial charge in [0.2, 0.25) is 11.8 Å². The Morgan fingerprint density at radius 2 is 1.77 bits per heavy atom. The normalized spacial score (nSPS) is 10.8. The molecule has 2 rings (SSSR count). The van der Waals surface area contributed by atoms with Gasteiger partial charge in [-0.3, -0.25) is 9.59 Å². The lowest BCUT2D eigenvalue weighted by Gasteiger charge is -2.16. The molecule has 1 N–H and O–H groups in total. The number of hydrogen-bond acceptors (Lipinski definition) is 2. The van der Waals surface area contributed by atoms with Gasteiger partial charge < -0.3 is 10.2 Å². The van der Waals surface area contributed by atoms with Gasteiger partial charge in [-0.15, -0.1) is 0 Å². The molecule has 0 unspecified atom stereocenters. The molecule has 0 heterocycles. The van der Waals surface area contributed by atoms with Crippen molar-refractivity contribution in [1.82, 2.24) is 4.90 Å². The van der Waals surface area contributed by atoms with E-state index in [0.29, 0.717) is 15.7 Å². The predicted octanol–water partition coefficient (Wildman–Crippen LogP) is 4.72. The molecule has 0 saturated carbocycles. The first kappa shape index (κ1) is 20.0. The van der Waals surface area contributed by atoms with Crippen LogP contribution in [-0.2, 0) is 9.59 Å². The van der Waals surface area contributed by atoms with Crippen molar-refractivity contribution in [2.75, 3.05) is 18.9 Å². The average Bonchev–Trinajstić information content (AvgIpc) is 2.57. The van der Waals surface area contributed by atoms with Crippen molar-refractivity contribution in [3.05, 3.63) is 69.2 Å². The van der Waals surface area contributed by atoms with Gasteiger partial charge in [-0.05, 0) is 43.2 Å². The number of halogens is 2. The van der Waals surface area contributed by atoms with Crippen molar-refractivity contribution in [1.29, 1.82) is 0 Å². The van der Waals surface area contributed by atoms with Gasteiger partial charge in [0.15, 0.2) is 0 Å². The highest BCUT2D eigenvalue weighted by molar-refractivity contribution is 6.39. The van der Waals surface area contributed by atoms with Crippen LogP contribution in [0.3, 0.4) is 0 Å². The summed E-state index contributed by atoms with van der Waals surface area (Å²) < 4.78 is 0. The highest BCUT2D eigenvalue weighted by atomic mass is 35.5. The molecule has 0 bridgehead atoms. The van der Waals surface area contributed by atoms with Crippen molar-refractivity contribution in [3.63, 3.8) is 0 Å². The Morgan fingerprint density at radius 1 is 1.12 bits per heavy atom. The number of carbonyl (C=O) groups excluding carboxylic acids is 2. The summed E-state index contributed by atoms with van der Waals surface area (Å²) in [6.45, 7) is 3.89. The summed E-state index contributed by atoms with van der Waals surface area (Å²) in [7, 11) is 1.56. The molecule has 0 aliphatic carbocycles. The molecule has 2 aromatic carbocycles. The summed E-state index contributed by atoms with van der Waals surface area (Å²) in [6, 6.07) is 10.9. The van der Waals surface area contributed by atoms with Crippen LogP contribution in [0.25, 0.3) is 6.08 Å². The Bertz CT molecular complexity index is 843. The minimum Gasteiger partial charge on any atom is -0.333 e. The van der Waals surface area contributed by atoms with Gasteiger partial charge in [-0.25, -0.2) is 0 Å². The lowest BCUT2D eigenvalue weighted by Crippen LogP contribution is -2.34. The zero-order valence-corrected chi connectivity index (χ0v) is 16.4. The van der Waals surface area contributed by atoms with Crippen LogP contribution in [0.15, 0.2) is 42.5 Å². The van der Waals surface area contributed by atoms with Crippen LogP contribution in [0.4, 0.5) is 5.69 Å². The molecule has 0 aliphatic rings. The third kappa shape index (κ3) is 5.35. The van der Waals surface area contributed by atoms with Gasteiger partial charge in [0.25, 0.3) is 0 Å². The minimum absolute atomic E-state index is 0.113. The average molecular weight is 391 g/mol. The second kappa shape index (κ2) is 8.88. The number of nitrogens with zero attached hydrogens (tertiary/aromatic N) is 1. The van der Waals surface area contributed by atoms with Crippen LogP contribution in [0.2, 0.25) is 10.0 Å². The van der Waals surface area contributed by atoms with E-state index in [9.17, 15) is 9.59 Å². The van der Waals surface area contributed by atoms with Crippen molar-refractivity contribution in [2.24, 2.45) is 0 Å². The van der Waals surface area contributed by atoms with E-state index in [0.717, 1.165) is 16.7 Å². The van der Waals surface area contributed by atoms with E-state index in [1.54, 1.807) is 31.3 Å². The van der Waals surface area contributed by atoms with E-state index < -0.39 is 0 Å². The zero-order valence-electron chi connectivity index (χ0n) is 14.8. The molecule has 0 aliphatic heterocycles. The van der Waals surface area contributed by atoms with E-state index in [-0.39, 0.29) is 18.4 Å². The van der Waals surface area contributed by atoms with E-state index in [4.69, 9.17) is 23.2 Å². The van der Waals surface area contributed by atoms with Gasteiger partial charge >= 0.3 is 0 Å². The third-order valence-corrected chi connectivity index (χ3v) is 4.44. The summed E-state index contributed by atoms with van der Waals surface area (Å²) in [5.74, 6) is -0.652. The molecule has 26 heavy (non-hydrogen) atoms. The standard InChI is InChI=1S/C20H20Cl2N2O2/c1-13-7-8-15(14(2)11-13)9-10-19(26)24(3)12-18(25)23-20-16(21)5-4-6-17(20)22/h4-11H,12H2,1-3H3,(H,23,25)/b10-9+. The third-order valence-electron chi connectivity index (χ3n) is 3.81. The maximum atomic E-state index is 12.2. The Hall–Kier alpha value is -2.30. The number of para-hydroxylation sites is 1. The molecule has 6 heteroatoms. The number of aryl methyl sites for hydroxylation is 2. The Kier molecular flexibility index (Phi) is 6.83. The maximum absolute atomic E-state index is 12.2. The SMILES string of the molecule is Cc1ccc(/C=C/C(=O)N(C)CC(=O)Nc2c(Cl)cccc2Cl)c(C)c1. The Labute approximate surface area is 163 Å². The first-order valence-electron chi connectivity index (χ1n) is 8.02. The molecule has 2 amide bonds. The van der Waals surface area contributed by atoms with Crippen LogP contribution in [0.1, 0.15) is 16.7 Å². The van der Waals surface area contributed by atoms with Gasteiger partial charge in [-0.1, -0.05) is 53.0 Å². The summed E-state index contributed by atoms with van der Waals surface area (Å²) in [5.41, 5.74) is 3.55. The van der Waals surface area contributed by atoms with Crippen molar-refractivity contribution < 1.29 is 9.59 Å². The first-order chi connectivity index (χ1) is 12.3. The van der Waals surface area contributed by atoms with E-state index in [2.05, 4.69) is 11.4 Å². The zero-order chi connectivity index (χ0) is 19.3. The first-order valence-corrected chi connectivity index (χ1v) is 8.78. The molecule has 0 radical (unpaired) electrons. The predicted molar refractivity (Wildman–Crippen MR) is 108 cm³/mol. The van der Waals surface area contributed by atoms with Gasteiger partial charge in [-0.2, -0.15) is 0 Å². The molecule has 4 nitrogen and oxygen atoms in total. The second-order valence-electron chi connectivity index (χ2n) is 6.03. The van der Waals surface area contributed by atoms with Crippen molar-refractivity contribution >= 4 is 46.8 Å². The number of amides is 2. The molecule has 0 atom stereocenters. The summed E-state index contributed by atoms with van der Waals surface area (Å²) in [6.07, 6.45) is 3.20. The van der Waals surface area contributed by atoms with Gasteiger partial charge in [0, 0.05) is 13.1 Å². The number of anilines is 1. The highest BCUT2D eigenvalue weighted by Gasteiger charge is 2.13. The largest absolute Gasteiger partial charge is 0.333 e. The highest BCUT2D eigenvalue weighted by Crippen LogP contribution is 2.29. The monoisotopic (exact) mass is 390 g/mol. The van der Waals surface area contributed by atoms with E-state index in [1.165, 1.54) is 11.0 Å². The van der Waals surface area contributed by atoms with Crippen molar-refractivity contribution in [3.8, 4) is 0 Å². The topological polar surface area (TPSA) is 49.4 Å². The molecule has 0 fully saturated rings. The van der Waals surface area contributed by atoms with Crippen LogP contribution in [0.5, 0.6) is 0 Å². The number of benzene rings is 2. The van der Waals surface area contributed by atoms with Gasteiger partial charge in [0.1, 0.15) is 0 Å². The smallest absolute Gasteiger partial charge is 0.246 e. The van der Waals surface area contributed by atoms with Crippen molar-refractivity contribution in [2.45, 2.75) is 13.8 Å². The fraction of sp³-hybridized carbons (Fsp3) is 0.200. The number of carbonyl (C=O) groups is 2. The number of rotatable bonds is 5. The lowest BCUT2D eigenvalue weighted by molar-refractivity contribution is -0.129. The van der Waals surface area contributed by atoms with Crippen LogP contribution >= 0.6 is 23.2 Å². The van der Waals surface area contributed by atoms with Crippen LogP contribution in [-0.4, -0.2) is 30.3 Å². The molecule has 0 spiro atoms. The lowest BCUT2D eigenvalue weighted by atomic mass is 10.1. The number of nitrogens with one attached hydrogen (secondary N) is 1. The Morgan fingerprint density at radius 3 is 2.38 bits per heavy atom. The number of hydrogen-bond donors (Lipinski definition) is 1. The number of likely N-dealkylation sites (N-methyl/N-ethyl adjacent to an activating group) is 1. The van der Waals surface area contributed by atoms with Gasteiger partial charge in [0.05, 0.1) is 22.3 Å². The fourth-order valence-corrected chi connectivity index (χ4v) is 2.88. The molecule has 0 aromatic heterocycles. The quantitative estimate of drug-likeness (QED) is 0.750. The summed E-state index contributed by atoms with van der Waals surface area (Å²) in [4.78, 5) is 25.7. The molecular weight excluding hydrogens is 371 g/mol. The molecule has 136 valence electrons. The Balaban J connectivity index is 1.98. The second-order valence-corrected chi connectivity index (χ2v) is 6.85. The maximum Gasteiger partial charge on any atom is 0.246 e.